The Bertz CT molecular complexity index is 145. The summed E-state index contributed by atoms with van der Waals surface area (Å²) in [5, 5.41) is 0. The Morgan fingerprint density at radius 1 is 1.31 bits per heavy atom. The molecule has 0 aromatic rings. The number of ether oxygens (including phenoxy) is 1. The van der Waals surface area contributed by atoms with Gasteiger partial charge in [0.1, 0.15) is 0 Å². The number of carbonyl (C=O) groups is 1. The number of rotatable bonds is 5. The molecule has 1 rings (SSSR count). The number of hydrogen-bond donors (Lipinski definition) is 0. The summed E-state index contributed by atoms with van der Waals surface area (Å²) in [6, 6.07) is 0. The maximum atomic E-state index is 10.4. The third kappa shape index (κ3) is 3.74. The molecule has 4 nitrogen and oxygen atoms in total. The Kier molecular flexibility index (Phi) is 4.78. The molecular formula is C9H18N2O2. The van der Waals surface area contributed by atoms with Gasteiger partial charge >= 0.3 is 0 Å². The highest BCUT2D eigenvalue weighted by atomic mass is 16.5. The molecular weight excluding hydrogens is 168 g/mol. The second-order valence-electron chi connectivity index (χ2n) is 3.18. The summed E-state index contributed by atoms with van der Waals surface area (Å²) < 4.78 is 5.26. The van der Waals surface area contributed by atoms with E-state index in [9.17, 15) is 4.79 Å². The van der Waals surface area contributed by atoms with E-state index in [0.29, 0.717) is 0 Å². The van der Waals surface area contributed by atoms with Gasteiger partial charge in [-0.3, -0.25) is 9.69 Å². The molecule has 1 aliphatic rings. The van der Waals surface area contributed by atoms with Crippen molar-refractivity contribution >= 4 is 6.41 Å². The first kappa shape index (κ1) is 10.5. The molecule has 1 fully saturated rings. The van der Waals surface area contributed by atoms with E-state index in [1.54, 1.807) is 0 Å². The molecule has 4 heteroatoms. The van der Waals surface area contributed by atoms with Crippen LogP contribution in [0.5, 0.6) is 0 Å². The quantitative estimate of drug-likeness (QED) is 0.440. The van der Waals surface area contributed by atoms with E-state index in [4.69, 9.17) is 4.74 Å². The summed E-state index contributed by atoms with van der Waals surface area (Å²) in [5.41, 5.74) is 0. The Labute approximate surface area is 79.4 Å². The van der Waals surface area contributed by atoms with Crippen LogP contribution in [0.2, 0.25) is 0 Å². The molecule has 0 unspecified atom stereocenters. The lowest BCUT2D eigenvalue weighted by molar-refractivity contribution is -0.119. The van der Waals surface area contributed by atoms with Crippen LogP contribution in [-0.4, -0.2) is 62.1 Å². The largest absolute Gasteiger partial charge is 0.380 e. The minimum Gasteiger partial charge on any atom is -0.380 e. The molecule has 0 aromatic heterocycles. The fourth-order valence-electron chi connectivity index (χ4n) is 1.43. The monoisotopic (exact) mass is 186 g/mol. The van der Waals surface area contributed by atoms with Gasteiger partial charge in [0.25, 0.3) is 0 Å². The van der Waals surface area contributed by atoms with Gasteiger partial charge in [0.2, 0.25) is 6.41 Å². The standard InChI is InChI=1S/C9H18N2O2/c1-2-13-8-7-10-3-5-11(9-12)6-4-10/h9H,2-8H2,1H3. The van der Waals surface area contributed by atoms with Crippen molar-refractivity contribution in [3.63, 3.8) is 0 Å². The molecule has 1 saturated heterocycles. The maximum absolute atomic E-state index is 10.4. The van der Waals surface area contributed by atoms with Crippen molar-refractivity contribution in [2.45, 2.75) is 6.92 Å². The predicted molar refractivity (Wildman–Crippen MR) is 50.6 cm³/mol. The van der Waals surface area contributed by atoms with Crippen molar-refractivity contribution in [3.8, 4) is 0 Å². The summed E-state index contributed by atoms with van der Waals surface area (Å²) in [4.78, 5) is 14.6. The number of piperazine rings is 1. The highest BCUT2D eigenvalue weighted by Gasteiger charge is 2.14. The summed E-state index contributed by atoms with van der Waals surface area (Å²) in [6.07, 6.45) is 0.930. The topological polar surface area (TPSA) is 32.8 Å². The summed E-state index contributed by atoms with van der Waals surface area (Å²) in [6.45, 7) is 8.25. The average Bonchev–Trinajstić information content (AvgIpc) is 2.19. The Morgan fingerprint density at radius 3 is 2.54 bits per heavy atom. The zero-order valence-electron chi connectivity index (χ0n) is 8.24. The van der Waals surface area contributed by atoms with Gasteiger partial charge in [-0.1, -0.05) is 0 Å². The minimum atomic E-state index is 0.786. The molecule has 1 heterocycles. The number of hydrogen-bond acceptors (Lipinski definition) is 3. The molecule has 0 spiro atoms. The first-order chi connectivity index (χ1) is 6.36. The third-order valence-electron chi connectivity index (χ3n) is 2.31. The Hall–Kier alpha value is -0.610. The van der Waals surface area contributed by atoms with E-state index in [2.05, 4.69) is 4.90 Å². The highest BCUT2D eigenvalue weighted by molar-refractivity contribution is 5.47. The van der Waals surface area contributed by atoms with Gasteiger partial charge in [0.05, 0.1) is 6.61 Å². The van der Waals surface area contributed by atoms with E-state index >= 15 is 0 Å². The van der Waals surface area contributed by atoms with E-state index in [-0.39, 0.29) is 0 Å². The fraction of sp³-hybridized carbons (Fsp3) is 0.889. The summed E-state index contributed by atoms with van der Waals surface area (Å²) >= 11 is 0. The van der Waals surface area contributed by atoms with Gasteiger partial charge in [-0.05, 0) is 6.92 Å². The lowest BCUT2D eigenvalue weighted by Gasteiger charge is -2.32. The second-order valence-corrected chi connectivity index (χ2v) is 3.18. The van der Waals surface area contributed by atoms with Gasteiger partial charge < -0.3 is 9.64 Å². The van der Waals surface area contributed by atoms with Crippen LogP contribution >= 0.6 is 0 Å². The fourth-order valence-corrected chi connectivity index (χ4v) is 1.43. The van der Waals surface area contributed by atoms with Crippen LogP contribution in [0.25, 0.3) is 0 Å². The SMILES string of the molecule is CCOCCN1CCN(C=O)CC1. The predicted octanol–water partition coefficient (Wildman–Crippen LogP) is -0.203. The van der Waals surface area contributed by atoms with Crippen LogP contribution < -0.4 is 0 Å². The van der Waals surface area contributed by atoms with Crippen molar-refractivity contribution in [1.29, 1.82) is 0 Å². The van der Waals surface area contributed by atoms with E-state index in [0.717, 1.165) is 52.3 Å². The molecule has 1 aliphatic heterocycles. The van der Waals surface area contributed by atoms with Gasteiger partial charge in [0.15, 0.2) is 0 Å². The zero-order valence-corrected chi connectivity index (χ0v) is 8.24. The summed E-state index contributed by atoms with van der Waals surface area (Å²) in [7, 11) is 0. The molecule has 0 aromatic carbocycles. The lowest BCUT2D eigenvalue weighted by atomic mass is 10.3. The molecule has 13 heavy (non-hydrogen) atoms. The molecule has 0 atom stereocenters. The molecule has 0 aliphatic carbocycles. The Balaban J connectivity index is 2.07. The molecule has 0 bridgehead atoms. The van der Waals surface area contributed by atoms with Crippen LogP contribution in [-0.2, 0) is 9.53 Å². The first-order valence-electron chi connectivity index (χ1n) is 4.86. The van der Waals surface area contributed by atoms with Gasteiger partial charge in [-0.15, -0.1) is 0 Å². The van der Waals surface area contributed by atoms with E-state index in [1.807, 2.05) is 11.8 Å². The van der Waals surface area contributed by atoms with Crippen molar-refractivity contribution < 1.29 is 9.53 Å². The van der Waals surface area contributed by atoms with Crippen molar-refractivity contribution in [2.24, 2.45) is 0 Å². The van der Waals surface area contributed by atoms with Gasteiger partial charge in [-0.2, -0.15) is 0 Å². The van der Waals surface area contributed by atoms with Crippen molar-refractivity contribution in [3.05, 3.63) is 0 Å². The molecule has 0 radical (unpaired) electrons. The second kappa shape index (κ2) is 5.94. The van der Waals surface area contributed by atoms with Crippen molar-refractivity contribution in [2.75, 3.05) is 45.9 Å². The molecule has 76 valence electrons. The average molecular weight is 186 g/mol. The van der Waals surface area contributed by atoms with Gasteiger partial charge in [-0.25, -0.2) is 0 Å². The molecule has 1 amide bonds. The first-order valence-corrected chi connectivity index (χ1v) is 4.86. The Morgan fingerprint density at radius 2 is 2.00 bits per heavy atom. The van der Waals surface area contributed by atoms with Crippen LogP contribution in [0.4, 0.5) is 0 Å². The minimum absolute atomic E-state index is 0.786. The van der Waals surface area contributed by atoms with Crippen LogP contribution in [0.3, 0.4) is 0 Å². The highest BCUT2D eigenvalue weighted by Crippen LogP contribution is 1.98. The maximum Gasteiger partial charge on any atom is 0.209 e. The smallest absolute Gasteiger partial charge is 0.209 e. The van der Waals surface area contributed by atoms with Crippen LogP contribution in [0.15, 0.2) is 0 Å². The zero-order chi connectivity index (χ0) is 9.52. The number of carbonyl (C=O) groups excluding carboxylic acids is 1. The van der Waals surface area contributed by atoms with Crippen molar-refractivity contribution in [1.82, 2.24) is 9.80 Å². The lowest BCUT2D eigenvalue weighted by Crippen LogP contribution is -2.46. The van der Waals surface area contributed by atoms with Crippen LogP contribution in [0, 0.1) is 0 Å². The third-order valence-corrected chi connectivity index (χ3v) is 2.31. The van der Waals surface area contributed by atoms with Crippen LogP contribution in [0.1, 0.15) is 6.92 Å². The van der Waals surface area contributed by atoms with Gasteiger partial charge in [0, 0.05) is 39.3 Å². The molecule has 0 saturated carbocycles. The summed E-state index contributed by atoms with van der Waals surface area (Å²) in [5.74, 6) is 0. The van der Waals surface area contributed by atoms with E-state index < -0.39 is 0 Å². The normalized spacial score (nSPS) is 19.0. The number of nitrogens with zero attached hydrogens (tertiary/aromatic N) is 2. The molecule has 0 N–H and O–H groups in total. The number of amides is 1. The van der Waals surface area contributed by atoms with E-state index in [1.165, 1.54) is 0 Å².